The van der Waals surface area contributed by atoms with Crippen LogP contribution in [-0.2, 0) is 0 Å². The van der Waals surface area contributed by atoms with E-state index in [9.17, 15) is 4.79 Å². The van der Waals surface area contributed by atoms with E-state index >= 15 is 0 Å². The van der Waals surface area contributed by atoms with Crippen molar-refractivity contribution in [3.63, 3.8) is 0 Å². The Bertz CT molecular complexity index is 877. The number of carbonyl (C=O) groups is 1. The van der Waals surface area contributed by atoms with Crippen LogP contribution < -0.4 is 4.74 Å². The Hall–Kier alpha value is -3.33. The summed E-state index contributed by atoms with van der Waals surface area (Å²) in [5, 5.41) is 17.7. The molecule has 3 aromatic rings. The van der Waals surface area contributed by atoms with Gasteiger partial charge in [0.2, 0.25) is 0 Å². The van der Waals surface area contributed by atoms with Crippen LogP contribution in [-0.4, -0.2) is 16.1 Å². The van der Waals surface area contributed by atoms with E-state index in [-0.39, 0.29) is 11.6 Å². The molecular weight excluding hydrogens is 272 g/mol. The molecule has 1 N–H and O–H groups in total. The lowest BCUT2D eigenvalue weighted by Crippen LogP contribution is -1.94. The molecule has 0 aliphatic heterocycles. The number of benzene rings is 2. The molecule has 1 aromatic heterocycles. The van der Waals surface area contributed by atoms with Gasteiger partial charge in [0.1, 0.15) is 11.3 Å². The van der Waals surface area contributed by atoms with Crippen LogP contribution in [0.25, 0.3) is 11.1 Å². The maximum Gasteiger partial charge on any atom is 0.400 e. The number of hydrogen-bond acceptors (Lipinski definition) is 5. The van der Waals surface area contributed by atoms with E-state index in [0.717, 1.165) is 0 Å². The Labute approximate surface area is 118 Å². The molecule has 0 atom stereocenters. The van der Waals surface area contributed by atoms with Crippen molar-refractivity contribution in [1.82, 2.24) is 4.98 Å². The number of ether oxygens (including phenoxy) is 1. The molecule has 2 aromatic carbocycles. The summed E-state index contributed by atoms with van der Waals surface area (Å²) >= 11 is 0. The number of rotatable bonds is 3. The number of carboxylic acids is 1. The Morgan fingerprint density at radius 3 is 2.90 bits per heavy atom. The maximum absolute atomic E-state index is 10.9. The summed E-state index contributed by atoms with van der Waals surface area (Å²) in [6, 6.07) is 12.9. The lowest BCUT2D eigenvalue weighted by atomic mass is 10.2. The zero-order valence-corrected chi connectivity index (χ0v) is 10.6. The average molecular weight is 280 g/mol. The molecule has 0 spiro atoms. The predicted molar refractivity (Wildman–Crippen MR) is 72.2 cm³/mol. The fourth-order valence-electron chi connectivity index (χ4n) is 1.81. The molecule has 3 rings (SSSR count). The second kappa shape index (κ2) is 4.98. The predicted octanol–water partition coefficient (Wildman–Crippen LogP) is 3.19. The van der Waals surface area contributed by atoms with Gasteiger partial charge >= 0.3 is 12.0 Å². The van der Waals surface area contributed by atoms with Crippen molar-refractivity contribution in [3.05, 3.63) is 53.6 Å². The Balaban J connectivity index is 1.94. The first kappa shape index (κ1) is 12.7. The van der Waals surface area contributed by atoms with Gasteiger partial charge < -0.3 is 14.3 Å². The Kier molecular flexibility index (Phi) is 3.01. The van der Waals surface area contributed by atoms with Crippen LogP contribution in [0, 0.1) is 11.3 Å². The van der Waals surface area contributed by atoms with Crippen molar-refractivity contribution in [3.8, 4) is 17.9 Å². The number of fused-ring (bicyclic) bond motifs is 1. The molecule has 0 aliphatic carbocycles. The van der Waals surface area contributed by atoms with Crippen molar-refractivity contribution in [2.24, 2.45) is 0 Å². The summed E-state index contributed by atoms with van der Waals surface area (Å²) in [6.07, 6.45) is -0.0115. The van der Waals surface area contributed by atoms with Crippen LogP contribution in [0.4, 0.5) is 0 Å². The second-order valence-corrected chi connectivity index (χ2v) is 4.21. The monoisotopic (exact) mass is 280 g/mol. The largest absolute Gasteiger partial charge is 0.478 e. The Morgan fingerprint density at radius 1 is 1.29 bits per heavy atom. The van der Waals surface area contributed by atoms with E-state index < -0.39 is 5.97 Å². The normalized spacial score (nSPS) is 10.2. The highest BCUT2D eigenvalue weighted by Crippen LogP contribution is 2.26. The van der Waals surface area contributed by atoms with E-state index in [0.29, 0.717) is 22.4 Å². The topological polar surface area (TPSA) is 96.3 Å². The van der Waals surface area contributed by atoms with Gasteiger partial charge in [0, 0.05) is 0 Å². The number of hydrogen-bond donors (Lipinski definition) is 1. The van der Waals surface area contributed by atoms with Crippen LogP contribution in [0.15, 0.2) is 46.9 Å². The summed E-state index contributed by atoms with van der Waals surface area (Å²) in [4.78, 5) is 15.0. The van der Waals surface area contributed by atoms with Gasteiger partial charge in [-0.05, 0) is 36.4 Å². The SMILES string of the molecule is N#Cc1cccc(Oc2nc3ccc(C(=O)O)cc3o2)c1. The van der Waals surface area contributed by atoms with Crippen molar-refractivity contribution < 1.29 is 19.1 Å². The van der Waals surface area contributed by atoms with Gasteiger partial charge in [-0.1, -0.05) is 6.07 Å². The first-order valence-corrected chi connectivity index (χ1v) is 5.97. The molecule has 0 unspecified atom stereocenters. The van der Waals surface area contributed by atoms with Gasteiger partial charge in [-0.25, -0.2) is 4.79 Å². The van der Waals surface area contributed by atoms with Crippen LogP contribution in [0.5, 0.6) is 11.8 Å². The van der Waals surface area contributed by atoms with Crippen molar-refractivity contribution in [1.29, 1.82) is 5.26 Å². The van der Waals surface area contributed by atoms with Crippen molar-refractivity contribution in [2.75, 3.05) is 0 Å². The molecule has 0 amide bonds. The smallest absolute Gasteiger partial charge is 0.400 e. The molecule has 21 heavy (non-hydrogen) atoms. The van der Waals surface area contributed by atoms with E-state index in [1.54, 1.807) is 30.3 Å². The number of nitrogens with zero attached hydrogens (tertiary/aromatic N) is 2. The fourth-order valence-corrected chi connectivity index (χ4v) is 1.81. The highest BCUT2D eigenvalue weighted by molar-refractivity contribution is 5.91. The number of nitriles is 1. The quantitative estimate of drug-likeness (QED) is 0.791. The summed E-state index contributed by atoms with van der Waals surface area (Å²) in [5.41, 5.74) is 1.38. The minimum Gasteiger partial charge on any atom is -0.478 e. The molecule has 0 fully saturated rings. The molecule has 1 heterocycles. The standard InChI is InChI=1S/C15H8N2O4/c16-8-9-2-1-3-11(6-9)20-15-17-12-5-4-10(14(18)19)7-13(12)21-15/h1-7H,(H,18,19). The number of aromatic carboxylic acids is 1. The van der Waals surface area contributed by atoms with Crippen molar-refractivity contribution in [2.45, 2.75) is 0 Å². The first-order chi connectivity index (χ1) is 10.2. The second-order valence-electron chi connectivity index (χ2n) is 4.21. The van der Waals surface area contributed by atoms with E-state index in [4.69, 9.17) is 19.5 Å². The third-order valence-corrected chi connectivity index (χ3v) is 2.78. The van der Waals surface area contributed by atoms with Crippen LogP contribution in [0.1, 0.15) is 15.9 Å². The number of aromatic nitrogens is 1. The van der Waals surface area contributed by atoms with E-state index in [1.165, 1.54) is 12.1 Å². The van der Waals surface area contributed by atoms with Gasteiger partial charge in [-0.15, -0.1) is 0 Å². The highest BCUT2D eigenvalue weighted by Gasteiger charge is 2.11. The van der Waals surface area contributed by atoms with Crippen LogP contribution in [0.2, 0.25) is 0 Å². The third kappa shape index (κ3) is 2.53. The maximum atomic E-state index is 10.9. The molecule has 0 saturated carbocycles. The van der Waals surface area contributed by atoms with Gasteiger partial charge in [0.15, 0.2) is 5.58 Å². The van der Waals surface area contributed by atoms with Crippen LogP contribution in [0.3, 0.4) is 0 Å². The molecule has 0 bridgehead atoms. The molecule has 0 aliphatic rings. The average Bonchev–Trinajstić information content (AvgIpc) is 2.88. The summed E-state index contributed by atoms with van der Waals surface area (Å²) in [5.74, 6) is -0.628. The molecule has 6 heteroatoms. The lowest BCUT2D eigenvalue weighted by Gasteiger charge is -1.99. The highest BCUT2D eigenvalue weighted by atomic mass is 16.6. The minimum absolute atomic E-state index is 0.0115. The Morgan fingerprint density at radius 2 is 2.14 bits per heavy atom. The molecule has 6 nitrogen and oxygen atoms in total. The summed E-state index contributed by atoms with van der Waals surface area (Å²) in [6.45, 7) is 0. The van der Waals surface area contributed by atoms with E-state index in [2.05, 4.69) is 4.98 Å². The number of carboxylic acid groups (broad SMARTS) is 1. The number of oxazole rings is 1. The van der Waals surface area contributed by atoms with E-state index in [1.807, 2.05) is 6.07 Å². The molecule has 102 valence electrons. The molecule has 0 saturated heterocycles. The van der Waals surface area contributed by atoms with Gasteiger partial charge in [-0.2, -0.15) is 10.2 Å². The zero-order valence-electron chi connectivity index (χ0n) is 10.6. The van der Waals surface area contributed by atoms with Gasteiger partial charge in [0.25, 0.3) is 0 Å². The third-order valence-electron chi connectivity index (χ3n) is 2.78. The summed E-state index contributed by atoms with van der Waals surface area (Å²) in [7, 11) is 0. The van der Waals surface area contributed by atoms with Gasteiger partial charge in [-0.3, -0.25) is 0 Å². The van der Waals surface area contributed by atoms with Crippen molar-refractivity contribution >= 4 is 17.1 Å². The fraction of sp³-hybridized carbons (Fsp3) is 0. The summed E-state index contributed by atoms with van der Waals surface area (Å²) < 4.78 is 10.8. The molecule has 0 radical (unpaired) electrons. The van der Waals surface area contributed by atoms with Gasteiger partial charge in [0.05, 0.1) is 17.2 Å². The van der Waals surface area contributed by atoms with Crippen LogP contribution >= 0.6 is 0 Å². The zero-order chi connectivity index (χ0) is 14.8. The molecular formula is C15H8N2O4. The minimum atomic E-state index is -1.04. The lowest BCUT2D eigenvalue weighted by molar-refractivity contribution is 0.0697. The first-order valence-electron chi connectivity index (χ1n) is 5.97.